The van der Waals surface area contributed by atoms with Crippen molar-refractivity contribution >= 4 is 5.97 Å². The number of ether oxygens (including phenoxy) is 3. The van der Waals surface area contributed by atoms with E-state index < -0.39 is 5.41 Å². The van der Waals surface area contributed by atoms with Crippen molar-refractivity contribution in [1.29, 1.82) is 0 Å². The Kier molecular flexibility index (Phi) is 5.72. The van der Waals surface area contributed by atoms with Gasteiger partial charge < -0.3 is 14.2 Å². The van der Waals surface area contributed by atoms with E-state index in [1.165, 1.54) is 39.2 Å². The summed E-state index contributed by atoms with van der Waals surface area (Å²) >= 11 is 0. The zero-order valence-corrected chi connectivity index (χ0v) is 14.5. The van der Waals surface area contributed by atoms with E-state index in [1.807, 2.05) is 12.1 Å². The molecule has 1 saturated heterocycles. The molecule has 1 aromatic heterocycles. The molecule has 1 saturated carbocycles. The molecule has 5 nitrogen and oxygen atoms in total. The van der Waals surface area contributed by atoms with E-state index in [4.69, 9.17) is 14.2 Å². The number of carbonyl (C=O) groups excluding carboxylic acids is 1. The fourth-order valence-electron chi connectivity index (χ4n) is 3.80. The molecule has 1 aromatic rings. The molecule has 0 atom stereocenters. The van der Waals surface area contributed by atoms with E-state index in [9.17, 15) is 4.79 Å². The Bertz CT molecular complexity index is 531. The minimum Gasteiger partial charge on any atom is -0.492 e. The molecule has 132 valence electrons. The SMILES string of the molecule is COC(=O)C1(c2ccc(OCC3CCCCC3)cn2)CCOCC1. The molecular formula is C19H27NO4. The van der Waals surface area contributed by atoms with Crippen LogP contribution in [0, 0.1) is 5.92 Å². The van der Waals surface area contributed by atoms with Crippen LogP contribution in [0.3, 0.4) is 0 Å². The molecule has 2 aliphatic rings. The Morgan fingerprint density at radius 1 is 1.25 bits per heavy atom. The van der Waals surface area contributed by atoms with E-state index in [2.05, 4.69) is 4.98 Å². The lowest BCUT2D eigenvalue weighted by atomic mass is 9.77. The summed E-state index contributed by atoms with van der Waals surface area (Å²) in [6.45, 7) is 1.87. The molecule has 3 rings (SSSR count). The molecule has 0 unspecified atom stereocenters. The minimum atomic E-state index is -0.686. The molecule has 2 fully saturated rings. The monoisotopic (exact) mass is 333 g/mol. The van der Waals surface area contributed by atoms with Gasteiger partial charge in [0, 0.05) is 13.2 Å². The number of pyridine rings is 1. The third-order valence-electron chi connectivity index (χ3n) is 5.36. The maximum atomic E-state index is 12.4. The highest BCUT2D eigenvalue weighted by Crippen LogP contribution is 2.35. The predicted molar refractivity (Wildman–Crippen MR) is 90.1 cm³/mol. The Hall–Kier alpha value is -1.62. The second-order valence-electron chi connectivity index (χ2n) is 6.88. The van der Waals surface area contributed by atoms with Crippen LogP contribution < -0.4 is 4.74 Å². The number of methoxy groups -OCH3 is 1. The summed E-state index contributed by atoms with van der Waals surface area (Å²) < 4.78 is 16.4. The number of carbonyl (C=O) groups is 1. The predicted octanol–water partition coefficient (Wildman–Crippen LogP) is 3.26. The van der Waals surface area contributed by atoms with Crippen molar-refractivity contribution in [3.05, 3.63) is 24.0 Å². The normalized spacial score (nSPS) is 21.2. The number of rotatable bonds is 5. The van der Waals surface area contributed by atoms with Crippen LogP contribution in [0.5, 0.6) is 5.75 Å². The van der Waals surface area contributed by atoms with Crippen LogP contribution in [-0.4, -0.2) is 37.9 Å². The zero-order valence-electron chi connectivity index (χ0n) is 14.5. The second kappa shape index (κ2) is 7.97. The van der Waals surface area contributed by atoms with Gasteiger partial charge >= 0.3 is 5.97 Å². The largest absolute Gasteiger partial charge is 0.492 e. The first-order valence-electron chi connectivity index (χ1n) is 9.00. The molecule has 0 radical (unpaired) electrons. The molecule has 0 aromatic carbocycles. The smallest absolute Gasteiger partial charge is 0.318 e. The summed E-state index contributed by atoms with van der Waals surface area (Å²) in [5.74, 6) is 1.21. The van der Waals surface area contributed by atoms with E-state index >= 15 is 0 Å². The number of hydrogen-bond acceptors (Lipinski definition) is 5. The van der Waals surface area contributed by atoms with Crippen molar-refractivity contribution in [2.24, 2.45) is 5.92 Å². The van der Waals surface area contributed by atoms with Crippen molar-refractivity contribution in [2.45, 2.75) is 50.4 Å². The highest BCUT2D eigenvalue weighted by molar-refractivity contribution is 5.82. The van der Waals surface area contributed by atoms with Gasteiger partial charge in [0.25, 0.3) is 0 Å². The van der Waals surface area contributed by atoms with E-state index in [0.717, 1.165) is 18.1 Å². The second-order valence-corrected chi connectivity index (χ2v) is 6.88. The Balaban J connectivity index is 1.66. The molecule has 0 N–H and O–H groups in total. The third-order valence-corrected chi connectivity index (χ3v) is 5.36. The van der Waals surface area contributed by atoms with Gasteiger partial charge in [0.2, 0.25) is 0 Å². The van der Waals surface area contributed by atoms with Gasteiger partial charge in [0.15, 0.2) is 0 Å². The third kappa shape index (κ3) is 3.72. The van der Waals surface area contributed by atoms with Crippen LogP contribution in [0.15, 0.2) is 18.3 Å². The standard InChI is InChI=1S/C19H27NO4/c1-22-18(21)19(9-11-23-12-10-19)17-8-7-16(13-20-17)24-14-15-5-3-2-4-6-15/h7-8,13,15H,2-6,9-12,14H2,1H3. The van der Waals surface area contributed by atoms with Crippen molar-refractivity contribution in [1.82, 2.24) is 4.98 Å². The molecule has 24 heavy (non-hydrogen) atoms. The fourth-order valence-corrected chi connectivity index (χ4v) is 3.80. The van der Waals surface area contributed by atoms with Gasteiger partial charge in [-0.05, 0) is 43.7 Å². The average molecular weight is 333 g/mol. The molecule has 0 spiro atoms. The molecule has 1 aliphatic heterocycles. The maximum Gasteiger partial charge on any atom is 0.318 e. The van der Waals surface area contributed by atoms with Gasteiger partial charge in [-0.25, -0.2) is 0 Å². The summed E-state index contributed by atoms with van der Waals surface area (Å²) in [7, 11) is 1.43. The van der Waals surface area contributed by atoms with Crippen LogP contribution >= 0.6 is 0 Å². The first-order valence-corrected chi connectivity index (χ1v) is 9.00. The van der Waals surface area contributed by atoms with Crippen molar-refractivity contribution in [3.8, 4) is 5.75 Å². The summed E-state index contributed by atoms with van der Waals surface area (Å²) in [6.07, 6.45) is 9.45. The van der Waals surface area contributed by atoms with Gasteiger partial charge in [-0.3, -0.25) is 9.78 Å². The number of hydrogen-bond donors (Lipinski definition) is 0. The van der Waals surface area contributed by atoms with Crippen LogP contribution in [0.1, 0.15) is 50.6 Å². The average Bonchev–Trinajstić information content (AvgIpc) is 2.67. The number of aromatic nitrogens is 1. The van der Waals surface area contributed by atoms with Crippen molar-refractivity contribution in [3.63, 3.8) is 0 Å². The highest BCUT2D eigenvalue weighted by atomic mass is 16.5. The Morgan fingerprint density at radius 2 is 2.00 bits per heavy atom. The zero-order chi connectivity index (χ0) is 16.8. The van der Waals surface area contributed by atoms with Gasteiger partial charge in [0.05, 0.1) is 25.6 Å². The van der Waals surface area contributed by atoms with Crippen LogP contribution in [0.4, 0.5) is 0 Å². The van der Waals surface area contributed by atoms with E-state index in [-0.39, 0.29) is 5.97 Å². The lowest BCUT2D eigenvalue weighted by Crippen LogP contribution is -2.42. The van der Waals surface area contributed by atoms with E-state index in [1.54, 1.807) is 6.20 Å². The van der Waals surface area contributed by atoms with Gasteiger partial charge in [0.1, 0.15) is 11.2 Å². The topological polar surface area (TPSA) is 57.7 Å². The lowest BCUT2D eigenvalue weighted by Gasteiger charge is -2.33. The van der Waals surface area contributed by atoms with Crippen LogP contribution in [-0.2, 0) is 19.7 Å². The summed E-state index contributed by atoms with van der Waals surface area (Å²) in [5.41, 5.74) is 0.0669. The van der Waals surface area contributed by atoms with E-state index in [0.29, 0.717) is 32.0 Å². The number of esters is 1. The molecule has 1 aliphatic carbocycles. The Labute approximate surface area is 143 Å². The van der Waals surface area contributed by atoms with Gasteiger partial charge in [-0.2, -0.15) is 0 Å². The van der Waals surface area contributed by atoms with Crippen molar-refractivity contribution in [2.75, 3.05) is 26.9 Å². The maximum absolute atomic E-state index is 12.4. The van der Waals surface area contributed by atoms with Crippen molar-refractivity contribution < 1.29 is 19.0 Å². The Morgan fingerprint density at radius 3 is 2.62 bits per heavy atom. The molecule has 0 bridgehead atoms. The fraction of sp³-hybridized carbons (Fsp3) is 0.684. The number of nitrogens with zero attached hydrogens (tertiary/aromatic N) is 1. The molecule has 2 heterocycles. The summed E-state index contributed by atoms with van der Waals surface area (Å²) in [6, 6.07) is 3.82. The van der Waals surface area contributed by atoms with Gasteiger partial charge in [-0.1, -0.05) is 19.3 Å². The minimum absolute atomic E-state index is 0.228. The summed E-state index contributed by atoms with van der Waals surface area (Å²) in [5, 5.41) is 0. The first kappa shape index (κ1) is 17.2. The highest BCUT2D eigenvalue weighted by Gasteiger charge is 2.44. The van der Waals surface area contributed by atoms with Crippen LogP contribution in [0.2, 0.25) is 0 Å². The molecule has 5 heteroatoms. The van der Waals surface area contributed by atoms with Gasteiger partial charge in [-0.15, -0.1) is 0 Å². The molecule has 0 amide bonds. The first-order chi connectivity index (χ1) is 11.7. The molecular weight excluding hydrogens is 306 g/mol. The quantitative estimate of drug-likeness (QED) is 0.774. The summed E-state index contributed by atoms with van der Waals surface area (Å²) in [4.78, 5) is 16.9. The van der Waals surface area contributed by atoms with Crippen LogP contribution in [0.25, 0.3) is 0 Å². The lowest BCUT2D eigenvalue weighted by molar-refractivity contribution is -0.151.